The van der Waals surface area contributed by atoms with E-state index in [2.05, 4.69) is 14.9 Å². The molecule has 0 aromatic heterocycles. The van der Waals surface area contributed by atoms with Crippen LogP contribution in [0, 0.1) is 0 Å². The molecule has 0 N–H and O–H groups in total. The first-order valence-electron chi connectivity index (χ1n) is 4.67. The van der Waals surface area contributed by atoms with Crippen LogP contribution in [0.5, 0.6) is 0 Å². The number of hydrogen-bond acceptors (Lipinski definition) is 2. The van der Waals surface area contributed by atoms with E-state index in [4.69, 9.17) is 5.53 Å². The summed E-state index contributed by atoms with van der Waals surface area (Å²) in [5, 5.41) is 3.59. The predicted octanol–water partition coefficient (Wildman–Crippen LogP) is 1.87. The van der Waals surface area contributed by atoms with E-state index in [9.17, 15) is 4.39 Å². The smallest absolute Gasteiger partial charge is 0.115 e. The summed E-state index contributed by atoms with van der Waals surface area (Å²) >= 11 is 0. The second-order valence-corrected chi connectivity index (χ2v) is 3.96. The zero-order chi connectivity index (χ0) is 9.31. The normalized spacial score (nSPS) is 38.7. The molecule has 0 amide bonds. The SMILES string of the molecule is [N-]=[N+]=NC[C@@]12CCCN1C[C@H](F)C2. The summed E-state index contributed by atoms with van der Waals surface area (Å²) < 4.78 is 13.1. The van der Waals surface area contributed by atoms with E-state index in [1.165, 1.54) is 0 Å². The fourth-order valence-corrected chi connectivity index (χ4v) is 2.63. The van der Waals surface area contributed by atoms with Crippen molar-refractivity contribution in [2.75, 3.05) is 19.6 Å². The van der Waals surface area contributed by atoms with Crippen LogP contribution in [0.1, 0.15) is 19.3 Å². The average molecular weight is 184 g/mol. The van der Waals surface area contributed by atoms with Crippen molar-refractivity contribution in [3.8, 4) is 0 Å². The van der Waals surface area contributed by atoms with Gasteiger partial charge in [-0.05, 0) is 31.3 Å². The van der Waals surface area contributed by atoms with Crippen LogP contribution in [0.2, 0.25) is 0 Å². The molecule has 0 bridgehead atoms. The number of nitrogens with zero attached hydrogens (tertiary/aromatic N) is 4. The van der Waals surface area contributed by atoms with Gasteiger partial charge in [-0.2, -0.15) is 0 Å². The van der Waals surface area contributed by atoms with Gasteiger partial charge >= 0.3 is 0 Å². The van der Waals surface area contributed by atoms with Crippen LogP contribution in [0.15, 0.2) is 5.11 Å². The minimum atomic E-state index is -0.728. The Morgan fingerprint density at radius 1 is 1.69 bits per heavy atom. The Hall–Kier alpha value is -0.800. The molecule has 0 spiro atoms. The number of alkyl halides is 1. The molecular weight excluding hydrogens is 171 g/mol. The third kappa shape index (κ3) is 1.38. The van der Waals surface area contributed by atoms with Crippen LogP contribution in [-0.2, 0) is 0 Å². The van der Waals surface area contributed by atoms with E-state index in [1.54, 1.807) is 0 Å². The number of halogens is 1. The molecule has 5 heteroatoms. The number of hydrogen-bond donors (Lipinski definition) is 0. The molecule has 2 aliphatic heterocycles. The molecule has 0 aromatic carbocycles. The summed E-state index contributed by atoms with van der Waals surface area (Å²) in [5.74, 6) is 0. The van der Waals surface area contributed by atoms with E-state index in [0.29, 0.717) is 19.5 Å². The molecule has 0 aliphatic carbocycles. The quantitative estimate of drug-likeness (QED) is 0.367. The third-order valence-electron chi connectivity index (χ3n) is 3.19. The van der Waals surface area contributed by atoms with Crippen LogP contribution >= 0.6 is 0 Å². The van der Waals surface area contributed by atoms with E-state index >= 15 is 0 Å². The zero-order valence-electron chi connectivity index (χ0n) is 7.49. The summed E-state index contributed by atoms with van der Waals surface area (Å²) in [6.45, 7) is 1.92. The molecule has 0 radical (unpaired) electrons. The van der Waals surface area contributed by atoms with E-state index < -0.39 is 6.17 Å². The minimum absolute atomic E-state index is 0.133. The van der Waals surface area contributed by atoms with Crippen molar-refractivity contribution in [3.63, 3.8) is 0 Å². The average Bonchev–Trinajstić information content (AvgIpc) is 2.57. The lowest BCUT2D eigenvalue weighted by atomic mass is 9.94. The van der Waals surface area contributed by atoms with Gasteiger partial charge in [-0.15, -0.1) is 0 Å². The van der Waals surface area contributed by atoms with Crippen molar-refractivity contribution in [3.05, 3.63) is 10.4 Å². The lowest BCUT2D eigenvalue weighted by Crippen LogP contribution is -2.40. The molecule has 72 valence electrons. The highest BCUT2D eigenvalue weighted by molar-refractivity contribution is 5.04. The summed E-state index contributed by atoms with van der Waals surface area (Å²) in [4.78, 5) is 4.90. The molecule has 2 aliphatic rings. The Morgan fingerprint density at radius 3 is 3.31 bits per heavy atom. The fourth-order valence-electron chi connectivity index (χ4n) is 2.63. The highest BCUT2D eigenvalue weighted by Crippen LogP contribution is 2.40. The van der Waals surface area contributed by atoms with Crippen molar-refractivity contribution in [2.24, 2.45) is 5.11 Å². The Kier molecular flexibility index (Phi) is 2.14. The molecule has 0 unspecified atom stereocenters. The van der Waals surface area contributed by atoms with Crippen molar-refractivity contribution < 1.29 is 4.39 Å². The van der Waals surface area contributed by atoms with Gasteiger partial charge < -0.3 is 0 Å². The highest BCUT2D eigenvalue weighted by atomic mass is 19.1. The van der Waals surface area contributed by atoms with Crippen molar-refractivity contribution in [1.29, 1.82) is 0 Å². The van der Waals surface area contributed by atoms with Crippen molar-refractivity contribution >= 4 is 0 Å². The first-order chi connectivity index (χ1) is 6.27. The number of azide groups is 1. The molecule has 2 fully saturated rings. The van der Waals surface area contributed by atoms with Gasteiger partial charge in [-0.3, -0.25) is 4.90 Å². The molecule has 2 heterocycles. The first kappa shape index (κ1) is 8.78. The van der Waals surface area contributed by atoms with Crippen LogP contribution in [0.25, 0.3) is 10.4 Å². The molecule has 0 aromatic rings. The van der Waals surface area contributed by atoms with Crippen molar-refractivity contribution in [1.82, 2.24) is 4.90 Å². The Bertz CT molecular complexity index is 251. The Labute approximate surface area is 76.3 Å². The summed E-state index contributed by atoms with van der Waals surface area (Å²) in [7, 11) is 0. The van der Waals surface area contributed by atoms with Crippen LogP contribution in [-0.4, -0.2) is 36.2 Å². The van der Waals surface area contributed by atoms with E-state index in [-0.39, 0.29) is 5.54 Å². The lowest BCUT2D eigenvalue weighted by molar-refractivity contribution is 0.203. The van der Waals surface area contributed by atoms with Crippen molar-refractivity contribution in [2.45, 2.75) is 31.0 Å². The lowest BCUT2D eigenvalue weighted by Gasteiger charge is -2.29. The molecule has 2 saturated heterocycles. The van der Waals surface area contributed by atoms with Crippen LogP contribution < -0.4 is 0 Å². The standard InChI is InChI=1S/C8H13FN4/c9-7-4-8(6-11-12-10)2-1-3-13(8)5-7/h7H,1-6H2/t7-,8+/m1/s1. The minimum Gasteiger partial charge on any atom is -0.295 e. The highest BCUT2D eigenvalue weighted by Gasteiger charge is 2.47. The van der Waals surface area contributed by atoms with Gasteiger partial charge in [0.1, 0.15) is 6.17 Å². The van der Waals surface area contributed by atoms with Gasteiger partial charge in [0, 0.05) is 23.5 Å². The summed E-state index contributed by atoms with van der Waals surface area (Å²) in [6, 6.07) is 0. The molecular formula is C8H13FN4. The molecule has 13 heavy (non-hydrogen) atoms. The maximum absolute atomic E-state index is 13.1. The predicted molar refractivity (Wildman–Crippen MR) is 47.1 cm³/mol. The number of fused-ring (bicyclic) bond motifs is 1. The topological polar surface area (TPSA) is 52.0 Å². The van der Waals surface area contributed by atoms with E-state index in [0.717, 1.165) is 19.4 Å². The fraction of sp³-hybridized carbons (Fsp3) is 1.00. The van der Waals surface area contributed by atoms with Gasteiger partial charge in [0.05, 0.1) is 0 Å². The first-order valence-corrected chi connectivity index (χ1v) is 4.67. The monoisotopic (exact) mass is 184 g/mol. The third-order valence-corrected chi connectivity index (χ3v) is 3.19. The Balaban J connectivity index is 2.13. The molecule has 2 atom stereocenters. The molecule has 4 nitrogen and oxygen atoms in total. The second-order valence-electron chi connectivity index (χ2n) is 3.96. The van der Waals surface area contributed by atoms with E-state index in [1.807, 2.05) is 0 Å². The van der Waals surface area contributed by atoms with Gasteiger partial charge in [0.25, 0.3) is 0 Å². The number of rotatable bonds is 2. The maximum atomic E-state index is 13.1. The Morgan fingerprint density at radius 2 is 2.54 bits per heavy atom. The largest absolute Gasteiger partial charge is 0.295 e. The van der Waals surface area contributed by atoms with Gasteiger partial charge in [0.15, 0.2) is 0 Å². The van der Waals surface area contributed by atoms with Gasteiger partial charge in [-0.25, -0.2) is 4.39 Å². The van der Waals surface area contributed by atoms with Gasteiger partial charge in [-0.1, -0.05) is 5.11 Å². The molecule has 2 rings (SSSR count). The second kappa shape index (κ2) is 3.16. The molecule has 0 saturated carbocycles. The van der Waals surface area contributed by atoms with Crippen LogP contribution in [0.3, 0.4) is 0 Å². The zero-order valence-corrected chi connectivity index (χ0v) is 7.49. The summed E-state index contributed by atoms with van der Waals surface area (Å²) in [5.41, 5.74) is 8.12. The maximum Gasteiger partial charge on any atom is 0.115 e. The summed E-state index contributed by atoms with van der Waals surface area (Å²) in [6.07, 6.45) is 1.90. The van der Waals surface area contributed by atoms with Gasteiger partial charge in [0.2, 0.25) is 0 Å². The van der Waals surface area contributed by atoms with Crippen LogP contribution in [0.4, 0.5) is 4.39 Å².